The Morgan fingerprint density at radius 1 is 1.43 bits per heavy atom. The van der Waals surface area contributed by atoms with Crippen molar-refractivity contribution in [2.24, 2.45) is 0 Å². The highest BCUT2D eigenvalue weighted by molar-refractivity contribution is 5.81. The molecule has 0 saturated carbocycles. The second-order valence-corrected chi connectivity index (χ2v) is 3.15. The second kappa shape index (κ2) is 3.43. The molecule has 2 aromatic rings. The number of aromatic nitrogens is 2. The van der Waals surface area contributed by atoms with Crippen LogP contribution in [0.3, 0.4) is 0 Å². The molecule has 0 bridgehead atoms. The van der Waals surface area contributed by atoms with Gasteiger partial charge in [-0.25, -0.2) is 0 Å². The Kier molecular flexibility index (Phi) is 2.11. The van der Waals surface area contributed by atoms with Crippen molar-refractivity contribution in [1.29, 1.82) is 5.26 Å². The minimum absolute atomic E-state index is 0.166. The fraction of sp³-hybridized carbons (Fsp3) is 0.182. The third-order valence-electron chi connectivity index (χ3n) is 2.20. The average molecular weight is 183 g/mol. The van der Waals surface area contributed by atoms with Gasteiger partial charge in [0, 0.05) is 29.5 Å². The third-order valence-corrected chi connectivity index (χ3v) is 2.20. The van der Waals surface area contributed by atoms with Gasteiger partial charge in [0.05, 0.1) is 17.5 Å². The van der Waals surface area contributed by atoms with Gasteiger partial charge in [0.25, 0.3) is 0 Å². The summed E-state index contributed by atoms with van der Waals surface area (Å²) in [5, 5.41) is 9.82. The average Bonchev–Trinajstić information content (AvgIpc) is 2.27. The van der Waals surface area contributed by atoms with Crippen molar-refractivity contribution in [3.8, 4) is 6.07 Å². The second-order valence-electron chi connectivity index (χ2n) is 3.15. The summed E-state index contributed by atoms with van der Waals surface area (Å²) in [6.07, 6.45) is 5.20. The molecule has 68 valence electrons. The lowest BCUT2D eigenvalue weighted by Gasteiger charge is -2.05. The minimum atomic E-state index is -0.166. The first kappa shape index (κ1) is 8.64. The summed E-state index contributed by atoms with van der Waals surface area (Å²) in [5.74, 6) is -0.166. The Balaban J connectivity index is 2.72. The van der Waals surface area contributed by atoms with Crippen LogP contribution < -0.4 is 0 Å². The van der Waals surface area contributed by atoms with Crippen molar-refractivity contribution in [3.05, 3.63) is 36.3 Å². The normalized spacial score (nSPS) is 12.3. The van der Waals surface area contributed by atoms with E-state index in [0.717, 1.165) is 16.5 Å². The molecule has 1 atom stereocenters. The van der Waals surface area contributed by atoms with Crippen LogP contribution in [0.4, 0.5) is 0 Å². The molecule has 0 amide bonds. The first-order valence-corrected chi connectivity index (χ1v) is 4.41. The highest BCUT2D eigenvalue weighted by Crippen LogP contribution is 2.21. The summed E-state index contributed by atoms with van der Waals surface area (Å²) >= 11 is 0. The first-order valence-electron chi connectivity index (χ1n) is 4.41. The summed E-state index contributed by atoms with van der Waals surface area (Å²) in [7, 11) is 0. The molecule has 2 rings (SSSR count). The van der Waals surface area contributed by atoms with Gasteiger partial charge in [-0.2, -0.15) is 5.26 Å². The van der Waals surface area contributed by atoms with Gasteiger partial charge in [0.15, 0.2) is 0 Å². The van der Waals surface area contributed by atoms with Crippen LogP contribution in [0.1, 0.15) is 18.4 Å². The lowest BCUT2D eigenvalue weighted by atomic mass is 10.0. The minimum Gasteiger partial charge on any atom is -0.264 e. The predicted molar refractivity (Wildman–Crippen MR) is 53.6 cm³/mol. The summed E-state index contributed by atoms with van der Waals surface area (Å²) in [6, 6.07) is 6.01. The molecule has 0 aliphatic rings. The number of hydrogen-bond acceptors (Lipinski definition) is 3. The zero-order valence-electron chi connectivity index (χ0n) is 7.81. The van der Waals surface area contributed by atoms with Crippen LogP contribution in [0.2, 0.25) is 0 Å². The zero-order valence-corrected chi connectivity index (χ0v) is 7.81. The van der Waals surface area contributed by atoms with Crippen LogP contribution in [-0.2, 0) is 0 Å². The molecule has 2 heterocycles. The maximum Gasteiger partial charge on any atom is 0.0778 e. The number of nitrogens with zero attached hydrogens (tertiary/aromatic N) is 3. The molecular weight excluding hydrogens is 174 g/mol. The Morgan fingerprint density at radius 3 is 3.07 bits per heavy atom. The van der Waals surface area contributed by atoms with E-state index in [1.165, 1.54) is 0 Å². The molecule has 14 heavy (non-hydrogen) atoms. The van der Waals surface area contributed by atoms with Gasteiger partial charge in [-0.15, -0.1) is 0 Å². The maximum absolute atomic E-state index is 8.84. The fourth-order valence-corrected chi connectivity index (χ4v) is 1.41. The predicted octanol–water partition coefficient (Wildman–Crippen LogP) is 2.26. The first-order chi connectivity index (χ1) is 6.83. The molecule has 0 aromatic carbocycles. The summed E-state index contributed by atoms with van der Waals surface area (Å²) < 4.78 is 0. The van der Waals surface area contributed by atoms with Gasteiger partial charge in [-0.05, 0) is 19.1 Å². The topological polar surface area (TPSA) is 49.6 Å². The fourth-order valence-electron chi connectivity index (χ4n) is 1.41. The van der Waals surface area contributed by atoms with Crippen LogP contribution in [0.15, 0.2) is 30.7 Å². The summed E-state index contributed by atoms with van der Waals surface area (Å²) in [5.41, 5.74) is 1.77. The molecule has 3 heteroatoms. The van der Waals surface area contributed by atoms with E-state index in [1.807, 2.05) is 19.1 Å². The Hall–Kier alpha value is -1.95. The summed E-state index contributed by atoms with van der Waals surface area (Å²) in [6.45, 7) is 1.85. The number of hydrogen-bond donors (Lipinski definition) is 0. The molecule has 0 radical (unpaired) electrons. The van der Waals surface area contributed by atoms with Crippen LogP contribution >= 0.6 is 0 Å². The monoisotopic (exact) mass is 183 g/mol. The largest absolute Gasteiger partial charge is 0.264 e. The van der Waals surface area contributed by atoms with Gasteiger partial charge < -0.3 is 0 Å². The molecular formula is C11H9N3. The molecule has 3 nitrogen and oxygen atoms in total. The number of pyridine rings is 2. The van der Waals surface area contributed by atoms with E-state index in [0.29, 0.717) is 0 Å². The number of nitriles is 1. The van der Waals surface area contributed by atoms with Gasteiger partial charge in [0.1, 0.15) is 0 Å². The van der Waals surface area contributed by atoms with Crippen molar-refractivity contribution in [1.82, 2.24) is 9.97 Å². The summed E-state index contributed by atoms with van der Waals surface area (Å²) in [4.78, 5) is 8.35. The lowest BCUT2D eigenvalue weighted by molar-refractivity contribution is 0.975. The van der Waals surface area contributed by atoms with Crippen LogP contribution in [0.25, 0.3) is 10.9 Å². The van der Waals surface area contributed by atoms with Gasteiger partial charge in [-0.3, -0.25) is 9.97 Å². The number of rotatable bonds is 1. The van der Waals surface area contributed by atoms with Crippen molar-refractivity contribution in [3.63, 3.8) is 0 Å². The van der Waals surface area contributed by atoms with Crippen molar-refractivity contribution in [2.75, 3.05) is 0 Å². The molecule has 0 saturated heterocycles. The molecule has 0 N–H and O–H groups in total. The van der Waals surface area contributed by atoms with Crippen LogP contribution in [0, 0.1) is 11.3 Å². The standard InChI is InChI=1S/C11H9N3/c1-8(5-12)10-7-13-6-9-3-2-4-14-11(9)10/h2-4,6-8H,1H3/t8-/m1/s1. The van der Waals surface area contributed by atoms with Gasteiger partial charge in [0.2, 0.25) is 0 Å². The molecule has 0 spiro atoms. The molecule has 2 aromatic heterocycles. The molecule has 0 aliphatic carbocycles. The van der Waals surface area contributed by atoms with Crippen molar-refractivity contribution < 1.29 is 0 Å². The van der Waals surface area contributed by atoms with E-state index in [-0.39, 0.29) is 5.92 Å². The highest BCUT2D eigenvalue weighted by Gasteiger charge is 2.09. The zero-order chi connectivity index (χ0) is 9.97. The molecule has 0 unspecified atom stereocenters. The number of fused-ring (bicyclic) bond motifs is 1. The van der Waals surface area contributed by atoms with E-state index >= 15 is 0 Å². The quantitative estimate of drug-likeness (QED) is 0.681. The molecule has 0 fully saturated rings. The van der Waals surface area contributed by atoms with Crippen molar-refractivity contribution in [2.45, 2.75) is 12.8 Å². The highest BCUT2D eigenvalue weighted by atomic mass is 14.7. The van der Waals surface area contributed by atoms with Crippen LogP contribution in [0.5, 0.6) is 0 Å². The van der Waals surface area contributed by atoms with E-state index in [9.17, 15) is 0 Å². The smallest absolute Gasteiger partial charge is 0.0778 e. The van der Waals surface area contributed by atoms with Gasteiger partial charge in [-0.1, -0.05) is 0 Å². The SMILES string of the molecule is C[C@H](C#N)c1cncc2cccnc12. The van der Waals surface area contributed by atoms with Crippen molar-refractivity contribution >= 4 is 10.9 Å². The van der Waals surface area contributed by atoms with E-state index in [1.54, 1.807) is 18.6 Å². The van der Waals surface area contributed by atoms with Crippen LogP contribution in [-0.4, -0.2) is 9.97 Å². The lowest BCUT2D eigenvalue weighted by Crippen LogP contribution is -1.94. The van der Waals surface area contributed by atoms with E-state index in [4.69, 9.17) is 5.26 Å². The third kappa shape index (κ3) is 1.31. The Morgan fingerprint density at radius 2 is 2.29 bits per heavy atom. The maximum atomic E-state index is 8.84. The Bertz CT molecular complexity index is 494. The van der Waals surface area contributed by atoms with Gasteiger partial charge >= 0.3 is 0 Å². The van der Waals surface area contributed by atoms with E-state index < -0.39 is 0 Å². The molecule has 0 aliphatic heterocycles. The Labute approximate surface area is 82.0 Å². The van der Waals surface area contributed by atoms with E-state index in [2.05, 4.69) is 16.0 Å².